The summed E-state index contributed by atoms with van der Waals surface area (Å²) < 4.78 is 0. The van der Waals surface area contributed by atoms with Crippen LogP contribution in [0.2, 0.25) is 0 Å². The van der Waals surface area contributed by atoms with Crippen molar-refractivity contribution < 1.29 is 5.11 Å². The Hall–Kier alpha value is -0.860. The van der Waals surface area contributed by atoms with Crippen molar-refractivity contribution in [3.05, 3.63) is 35.4 Å². The molecule has 3 unspecified atom stereocenters. The summed E-state index contributed by atoms with van der Waals surface area (Å²) in [6.07, 6.45) is 1.63. The molecule has 2 nitrogen and oxygen atoms in total. The molecule has 3 atom stereocenters. The molecule has 17 heavy (non-hydrogen) atoms. The minimum Gasteiger partial charge on any atom is -0.393 e. The molecule has 0 aliphatic rings. The van der Waals surface area contributed by atoms with Gasteiger partial charge in [0.25, 0.3) is 0 Å². The van der Waals surface area contributed by atoms with Crippen LogP contribution in [0, 0.1) is 0 Å². The fraction of sp³-hybridized carbons (Fsp3) is 0.600. The van der Waals surface area contributed by atoms with Crippen LogP contribution < -0.4 is 5.32 Å². The smallest absolute Gasteiger partial charge is 0.0526 e. The van der Waals surface area contributed by atoms with Gasteiger partial charge >= 0.3 is 0 Å². The number of nitrogens with one attached hydrogen (secondary N) is 1. The van der Waals surface area contributed by atoms with Crippen molar-refractivity contribution >= 4 is 0 Å². The minimum atomic E-state index is -0.243. The predicted molar refractivity (Wildman–Crippen MR) is 73.1 cm³/mol. The molecule has 0 aromatic heterocycles. The summed E-state index contributed by atoms with van der Waals surface area (Å²) in [4.78, 5) is 0. The van der Waals surface area contributed by atoms with Gasteiger partial charge in [0, 0.05) is 12.1 Å². The van der Waals surface area contributed by atoms with Gasteiger partial charge in [-0.25, -0.2) is 0 Å². The summed E-state index contributed by atoms with van der Waals surface area (Å²) in [5.74, 6) is 0. The molecule has 0 bridgehead atoms. The van der Waals surface area contributed by atoms with Crippen molar-refractivity contribution in [1.29, 1.82) is 0 Å². The largest absolute Gasteiger partial charge is 0.393 e. The Balaban J connectivity index is 2.53. The summed E-state index contributed by atoms with van der Waals surface area (Å²) in [5.41, 5.74) is 2.68. The number of hydrogen-bond donors (Lipinski definition) is 2. The zero-order valence-corrected chi connectivity index (χ0v) is 11.4. The second-order valence-electron chi connectivity index (χ2n) is 4.97. The first-order valence-corrected chi connectivity index (χ1v) is 6.55. The van der Waals surface area contributed by atoms with Gasteiger partial charge in [-0.3, -0.25) is 0 Å². The number of aliphatic hydroxyl groups is 1. The number of aliphatic hydroxyl groups excluding tert-OH is 1. The van der Waals surface area contributed by atoms with E-state index in [1.807, 2.05) is 6.92 Å². The lowest BCUT2D eigenvalue weighted by Crippen LogP contribution is -2.31. The molecule has 0 fully saturated rings. The van der Waals surface area contributed by atoms with Gasteiger partial charge in [-0.05, 0) is 44.7 Å². The molecule has 0 radical (unpaired) electrons. The Kier molecular flexibility index (Phi) is 5.66. The molecule has 0 saturated carbocycles. The second-order valence-corrected chi connectivity index (χ2v) is 4.97. The lowest BCUT2D eigenvalue weighted by molar-refractivity contribution is 0.168. The monoisotopic (exact) mass is 235 g/mol. The second kappa shape index (κ2) is 6.77. The van der Waals surface area contributed by atoms with Crippen LogP contribution in [-0.4, -0.2) is 17.3 Å². The summed E-state index contributed by atoms with van der Waals surface area (Å²) in [6.45, 7) is 8.28. The van der Waals surface area contributed by atoms with E-state index < -0.39 is 0 Å². The zero-order chi connectivity index (χ0) is 12.8. The van der Waals surface area contributed by atoms with Gasteiger partial charge in [-0.1, -0.05) is 31.2 Å². The molecule has 0 aliphatic heterocycles. The highest BCUT2D eigenvalue weighted by atomic mass is 16.3. The van der Waals surface area contributed by atoms with E-state index in [0.29, 0.717) is 12.1 Å². The molecule has 0 saturated heterocycles. The van der Waals surface area contributed by atoms with Crippen LogP contribution in [0.3, 0.4) is 0 Å². The van der Waals surface area contributed by atoms with E-state index in [1.165, 1.54) is 11.1 Å². The lowest BCUT2D eigenvalue weighted by Gasteiger charge is -2.21. The Morgan fingerprint density at radius 2 is 1.71 bits per heavy atom. The molecule has 96 valence electrons. The fourth-order valence-electron chi connectivity index (χ4n) is 2.14. The van der Waals surface area contributed by atoms with E-state index >= 15 is 0 Å². The highest BCUT2D eigenvalue weighted by molar-refractivity contribution is 5.24. The topological polar surface area (TPSA) is 32.3 Å². The summed E-state index contributed by atoms with van der Waals surface area (Å²) in [7, 11) is 0. The van der Waals surface area contributed by atoms with Crippen LogP contribution in [0.5, 0.6) is 0 Å². The first-order valence-electron chi connectivity index (χ1n) is 6.55. The van der Waals surface area contributed by atoms with Crippen LogP contribution in [0.1, 0.15) is 51.3 Å². The Morgan fingerprint density at radius 3 is 2.18 bits per heavy atom. The molecular weight excluding hydrogens is 210 g/mol. The van der Waals surface area contributed by atoms with Gasteiger partial charge < -0.3 is 10.4 Å². The molecule has 0 amide bonds. The maximum atomic E-state index is 9.33. The average molecular weight is 235 g/mol. The molecule has 0 spiro atoms. The van der Waals surface area contributed by atoms with E-state index in [4.69, 9.17) is 0 Å². The van der Waals surface area contributed by atoms with Gasteiger partial charge in [0.05, 0.1) is 6.10 Å². The third-order valence-electron chi connectivity index (χ3n) is 3.12. The first-order chi connectivity index (χ1) is 8.02. The van der Waals surface area contributed by atoms with Gasteiger partial charge in [-0.2, -0.15) is 0 Å². The van der Waals surface area contributed by atoms with Crippen molar-refractivity contribution in [2.24, 2.45) is 0 Å². The number of hydrogen-bond acceptors (Lipinski definition) is 2. The van der Waals surface area contributed by atoms with Crippen LogP contribution in [-0.2, 0) is 6.42 Å². The maximum absolute atomic E-state index is 9.33. The lowest BCUT2D eigenvalue weighted by atomic mass is 10.0. The third kappa shape index (κ3) is 4.88. The van der Waals surface area contributed by atoms with Crippen LogP contribution in [0.4, 0.5) is 0 Å². The van der Waals surface area contributed by atoms with Crippen molar-refractivity contribution in [3.8, 4) is 0 Å². The molecule has 0 heterocycles. The number of benzene rings is 1. The molecule has 1 rings (SSSR count). The average Bonchev–Trinajstić information content (AvgIpc) is 2.28. The van der Waals surface area contributed by atoms with E-state index in [2.05, 4.69) is 50.4 Å². The van der Waals surface area contributed by atoms with E-state index in [9.17, 15) is 5.11 Å². The highest BCUT2D eigenvalue weighted by Gasteiger charge is 2.11. The Morgan fingerprint density at radius 1 is 1.12 bits per heavy atom. The molecule has 2 N–H and O–H groups in total. The fourth-order valence-corrected chi connectivity index (χ4v) is 2.14. The maximum Gasteiger partial charge on any atom is 0.0526 e. The van der Waals surface area contributed by atoms with Gasteiger partial charge in [-0.15, -0.1) is 0 Å². The van der Waals surface area contributed by atoms with E-state index in [-0.39, 0.29) is 6.10 Å². The van der Waals surface area contributed by atoms with Gasteiger partial charge in [0.15, 0.2) is 0 Å². The minimum absolute atomic E-state index is 0.243. The summed E-state index contributed by atoms with van der Waals surface area (Å²) >= 11 is 0. The predicted octanol–water partition coefficient (Wildman–Crippen LogP) is 3.06. The van der Waals surface area contributed by atoms with Crippen molar-refractivity contribution in [1.82, 2.24) is 5.32 Å². The summed E-state index contributed by atoms with van der Waals surface area (Å²) in [5, 5.41) is 12.8. The Labute approximate surface area is 105 Å². The first kappa shape index (κ1) is 14.2. The zero-order valence-electron chi connectivity index (χ0n) is 11.4. The van der Waals surface area contributed by atoms with E-state index in [1.54, 1.807) is 0 Å². The van der Waals surface area contributed by atoms with Crippen LogP contribution in [0.15, 0.2) is 24.3 Å². The molecule has 1 aromatic rings. The number of aryl methyl sites for hydroxylation is 1. The molecular formula is C15H25NO. The van der Waals surface area contributed by atoms with Crippen molar-refractivity contribution in [2.45, 2.75) is 58.7 Å². The normalized spacial score (nSPS) is 16.5. The molecule has 1 aromatic carbocycles. The summed E-state index contributed by atoms with van der Waals surface area (Å²) in [6, 6.07) is 9.40. The highest BCUT2D eigenvalue weighted by Crippen LogP contribution is 2.15. The van der Waals surface area contributed by atoms with Crippen molar-refractivity contribution in [2.75, 3.05) is 0 Å². The molecule has 2 heteroatoms. The quantitative estimate of drug-likeness (QED) is 0.794. The number of rotatable bonds is 6. The van der Waals surface area contributed by atoms with E-state index in [0.717, 1.165) is 12.8 Å². The van der Waals surface area contributed by atoms with Crippen LogP contribution >= 0.6 is 0 Å². The van der Waals surface area contributed by atoms with Gasteiger partial charge in [0.1, 0.15) is 0 Å². The van der Waals surface area contributed by atoms with Gasteiger partial charge in [0.2, 0.25) is 0 Å². The third-order valence-corrected chi connectivity index (χ3v) is 3.12. The van der Waals surface area contributed by atoms with Crippen LogP contribution in [0.25, 0.3) is 0 Å². The van der Waals surface area contributed by atoms with Crippen molar-refractivity contribution in [3.63, 3.8) is 0 Å². The standard InChI is InChI=1S/C15H25NO/c1-5-14-6-8-15(9-7-14)13(4)16-11(2)10-12(3)17/h6-9,11-13,16-17H,5,10H2,1-4H3. The SMILES string of the molecule is CCc1ccc(C(C)NC(C)CC(C)O)cc1. The molecule has 0 aliphatic carbocycles. The Bertz CT molecular complexity index is 318.